The first-order valence-electron chi connectivity index (χ1n) is 4.13. The minimum Gasteiger partial charge on any atom is -0.341 e. The highest BCUT2D eigenvalue weighted by Crippen LogP contribution is 2.10. The minimum atomic E-state index is 0.0706. The lowest BCUT2D eigenvalue weighted by atomic mass is 10.2. The van der Waals surface area contributed by atoms with Crippen molar-refractivity contribution >= 4 is 5.91 Å². The number of carbonyl (C=O) groups is 1. The van der Waals surface area contributed by atoms with Crippen LogP contribution in [-0.2, 0) is 4.79 Å². The SMILES string of the molecule is CC(C)CN1CC(N)CC1=O. The number of hydrogen-bond acceptors (Lipinski definition) is 2. The molecule has 3 nitrogen and oxygen atoms in total. The first-order chi connectivity index (χ1) is 5.09. The molecule has 1 fully saturated rings. The normalized spacial score (nSPS) is 25.3. The van der Waals surface area contributed by atoms with Gasteiger partial charge >= 0.3 is 0 Å². The van der Waals surface area contributed by atoms with Crippen LogP contribution in [0.5, 0.6) is 0 Å². The van der Waals surface area contributed by atoms with Gasteiger partial charge in [-0.3, -0.25) is 4.79 Å². The molecule has 2 N–H and O–H groups in total. The van der Waals surface area contributed by atoms with Crippen molar-refractivity contribution in [1.29, 1.82) is 0 Å². The Hall–Kier alpha value is -0.570. The number of nitrogens with two attached hydrogens (primary N) is 1. The second kappa shape index (κ2) is 3.22. The molecule has 11 heavy (non-hydrogen) atoms. The molecule has 1 unspecified atom stereocenters. The first-order valence-corrected chi connectivity index (χ1v) is 4.13. The summed E-state index contributed by atoms with van der Waals surface area (Å²) in [7, 11) is 0. The van der Waals surface area contributed by atoms with Gasteiger partial charge in [0.1, 0.15) is 0 Å². The van der Waals surface area contributed by atoms with Crippen molar-refractivity contribution in [2.75, 3.05) is 13.1 Å². The summed E-state index contributed by atoms with van der Waals surface area (Å²) in [4.78, 5) is 13.0. The number of carbonyl (C=O) groups excluding carboxylic acids is 1. The van der Waals surface area contributed by atoms with E-state index in [4.69, 9.17) is 5.73 Å². The lowest BCUT2D eigenvalue weighted by molar-refractivity contribution is -0.128. The molecule has 0 aromatic carbocycles. The summed E-state index contributed by atoms with van der Waals surface area (Å²) in [5, 5.41) is 0. The van der Waals surface area contributed by atoms with Crippen LogP contribution in [0.25, 0.3) is 0 Å². The molecule has 0 saturated carbocycles. The second-order valence-corrected chi connectivity index (χ2v) is 3.66. The molecule has 3 heteroatoms. The molecule has 1 aliphatic rings. The predicted molar refractivity (Wildman–Crippen MR) is 44.0 cm³/mol. The molecule has 1 heterocycles. The van der Waals surface area contributed by atoms with E-state index in [2.05, 4.69) is 13.8 Å². The van der Waals surface area contributed by atoms with Gasteiger partial charge in [0.05, 0.1) is 0 Å². The van der Waals surface area contributed by atoms with Gasteiger partial charge in [-0.05, 0) is 5.92 Å². The molecule has 64 valence electrons. The van der Waals surface area contributed by atoms with Crippen LogP contribution < -0.4 is 5.73 Å². The largest absolute Gasteiger partial charge is 0.341 e. The van der Waals surface area contributed by atoms with E-state index in [1.165, 1.54) is 0 Å². The topological polar surface area (TPSA) is 46.3 Å². The molecular weight excluding hydrogens is 140 g/mol. The maximum atomic E-state index is 11.2. The summed E-state index contributed by atoms with van der Waals surface area (Å²) < 4.78 is 0. The van der Waals surface area contributed by atoms with E-state index >= 15 is 0 Å². The smallest absolute Gasteiger partial charge is 0.224 e. The van der Waals surface area contributed by atoms with Crippen molar-refractivity contribution < 1.29 is 4.79 Å². The van der Waals surface area contributed by atoms with Crippen LogP contribution >= 0.6 is 0 Å². The fraction of sp³-hybridized carbons (Fsp3) is 0.875. The Kier molecular flexibility index (Phi) is 2.49. The van der Waals surface area contributed by atoms with Crippen LogP contribution in [0.2, 0.25) is 0 Å². The van der Waals surface area contributed by atoms with Gasteiger partial charge in [0.25, 0.3) is 0 Å². The zero-order chi connectivity index (χ0) is 8.43. The molecular formula is C8H16N2O. The average molecular weight is 156 g/mol. The van der Waals surface area contributed by atoms with E-state index in [1.807, 2.05) is 4.90 Å². The van der Waals surface area contributed by atoms with Gasteiger partial charge in [-0.15, -0.1) is 0 Å². The van der Waals surface area contributed by atoms with Crippen molar-refractivity contribution in [2.24, 2.45) is 11.7 Å². The Morgan fingerprint density at radius 2 is 2.36 bits per heavy atom. The van der Waals surface area contributed by atoms with Crippen LogP contribution in [0.15, 0.2) is 0 Å². The van der Waals surface area contributed by atoms with E-state index in [0.29, 0.717) is 12.3 Å². The zero-order valence-electron chi connectivity index (χ0n) is 7.21. The van der Waals surface area contributed by atoms with E-state index in [-0.39, 0.29) is 11.9 Å². The maximum absolute atomic E-state index is 11.2. The summed E-state index contributed by atoms with van der Waals surface area (Å²) in [5.41, 5.74) is 5.63. The number of amides is 1. The first kappa shape index (κ1) is 8.53. The minimum absolute atomic E-state index is 0.0706. The molecule has 0 aliphatic carbocycles. The van der Waals surface area contributed by atoms with Crippen LogP contribution in [0, 0.1) is 5.92 Å². The molecule has 0 aromatic rings. The van der Waals surface area contributed by atoms with Crippen molar-refractivity contribution in [1.82, 2.24) is 4.90 Å². The van der Waals surface area contributed by atoms with Gasteiger partial charge in [-0.25, -0.2) is 0 Å². The quantitative estimate of drug-likeness (QED) is 0.621. The van der Waals surface area contributed by atoms with E-state index in [1.54, 1.807) is 0 Å². The summed E-state index contributed by atoms with van der Waals surface area (Å²) in [5.74, 6) is 0.760. The van der Waals surface area contributed by atoms with Gasteiger partial charge in [0, 0.05) is 25.6 Å². The number of rotatable bonds is 2. The molecule has 1 amide bonds. The van der Waals surface area contributed by atoms with Gasteiger partial charge in [0.2, 0.25) is 5.91 Å². The third-order valence-corrected chi connectivity index (χ3v) is 1.83. The number of hydrogen-bond donors (Lipinski definition) is 1. The summed E-state index contributed by atoms with van der Waals surface area (Å²) in [6.07, 6.45) is 0.534. The number of nitrogens with zero attached hydrogens (tertiary/aromatic N) is 1. The predicted octanol–water partition coefficient (Wildman–Crippen LogP) is 0.202. The van der Waals surface area contributed by atoms with Gasteiger partial charge in [0.15, 0.2) is 0 Å². The van der Waals surface area contributed by atoms with E-state index in [9.17, 15) is 4.79 Å². The van der Waals surface area contributed by atoms with E-state index < -0.39 is 0 Å². The molecule has 0 radical (unpaired) electrons. The fourth-order valence-corrected chi connectivity index (χ4v) is 1.42. The van der Waals surface area contributed by atoms with E-state index in [0.717, 1.165) is 13.1 Å². The zero-order valence-corrected chi connectivity index (χ0v) is 7.21. The molecule has 0 spiro atoms. The Morgan fingerprint density at radius 1 is 1.73 bits per heavy atom. The maximum Gasteiger partial charge on any atom is 0.224 e. The second-order valence-electron chi connectivity index (χ2n) is 3.66. The highest BCUT2D eigenvalue weighted by molar-refractivity contribution is 5.79. The molecule has 1 saturated heterocycles. The number of likely N-dealkylation sites (tertiary alicyclic amines) is 1. The van der Waals surface area contributed by atoms with Gasteiger partial charge < -0.3 is 10.6 Å². The molecule has 0 bridgehead atoms. The Balaban J connectivity index is 2.41. The lowest BCUT2D eigenvalue weighted by Crippen LogP contribution is -2.31. The molecule has 0 aromatic heterocycles. The monoisotopic (exact) mass is 156 g/mol. The van der Waals surface area contributed by atoms with Crippen molar-refractivity contribution in [2.45, 2.75) is 26.3 Å². The molecule has 1 aliphatic heterocycles. The highest BCUT2D eigenvalue weighted by atomic mass is 16.2. The Morgan fingerprint density at radius 3 is 2.73 bits per heavy atom. The van der Waals surface area contributed by atoms with Gasteiger partial charge in [-0.1, -0.05) is 13.8 Å². The van der Waals surface area contributed by atoms with Crippen LogP contribution in [0.4, 0.5) is 0 Å². The summed E-state index contributed by atoms with van der Waals surface area (Å²) in [6, 6.07) is 0.0706. The van der Waals surface area contributed by atoms with Crippen molar-refractivity contribution in [3.05, 3.63) is 0 Å². The van der Waals surface area contributed by atoms with Crippen molar-refractivity contribution in [3.8, 4) is 0 Å². The van der Waals surface area contributed by atoms with Gasteiger partial charge in [-0.2, -0.15) is 0 Å². The average Bonchev–Trinajstić information content (AvgIpc) is 2.09. The summed E-state index contributed by atoms with van der Waals surface area (Å²) in [6.45, 7) is 5.82. The third-order valence-electron chi connectivity index (χ3n) is 1.83. The summed E-state index contributed by atoms with van der Waals surface area (Å²) >= 11 is 0. The van der Waals surface area contributed by atoms with Crippen LogP contribution in [0.1, 0.15) is 20.3 Å². The van der Waals surface area contributed by atoms with Crippen molar-refractivity contribution in [3.63, 3.8) is 0 Å². The Labute approximate surface area is 67.5 Å². The van der Waals surface area contributed by atoms with Crippen LogP contribution in [0.3, 0.4) is 0 Å². The van der Waals surface area contributed by atoms with Crippen LogP contribution in [-0.4, -0.2) is 29.9 Å². The fourth-order valence-electron chi connectivity index (χ4n) is 1.42. The third kappa shape index (κ3) is 2.19. The standard InChI is InChI=1S/C8H16N2O/c1-6(2)4-10-5-7(9)3-8(10)11/h6-7H,3-5,9H2,1-2H3. The molecule has 1 rings (SSSR count). The lowest BCUT2D eigenvalue weighted by Gasteiger charge is -2.17. The molecule has 1 atom stereocenters. The Bertz CT molecular complexity index is 156. The highest BCUT2D eigenvalue weighted by Gasteiger charge is 2.26.